The summed E-state index contributed by atoms with van der Waals surface area (Å²) in [7, 11) is 1.74. The molecule has 3 rings (SSSR count). The summed E-state index contributed by atoms with van der Waals surface area (Å²) in [6, 6.07) is 8.05. The van der Waals surface area contributed by atoms with E-state index in [1.165, 1.54) is 0 Å². The summed E-state index contributed by atoms with van der Waals surface area (Å²) in [4.78, 5) is 8.61. The number of aliphatic imine (C=N–C) groups is 1. The lowest BCUT2D eigenvalue weighted by atomic mass is 10.1. The minimum Gasteiger partial charge on any atom is -0.459 e. The molecule has 0 spiro atoms. The number of para-hydroxylation sites is 1. The fourth-order valence-corrected chi connectivity index (χ4v) is 2.67. The van der Waals surface area contributed by atoms with Crippen molar-refractivity contribution in [3.05, 3.63) is 47.3 Å². The zero-order valence-corrected chi connectivity index (χ0v) is 18.4. The number of nitrogens with zero attached hydrogens (tertiary/aromatic N) is 3. The van der Waals surface area contributed by atoms with Gasteiger partial charge in [-0.3, -0.25) is 4.99 Å². The van der Waals surface area contributed by atoms with Crippen LogP contribution in [0.25, 0.3) is 11.0 Å². The molecule has 0 amide bonds. The van der Waals surface area contributed by atoms with Gasteiger partial charge >= 0.3 is 0 Å². The first-order valence-electron chi connectivity index (χ1n) is 8.82. The Morgan fingerprint density at radius 3 is 2.67 bits per heavy atom. The van der Waals surface area contributed by atoms with Crippen LogP contribution < -0.4 is 10.6 Å². The Labute approximate surface area is 176 Å². The van der Waals surface area contributed by atoms with Crippen LogP contribution >= 0.6 is 24.0 Å². The lowest BCUT2D eigenvalue weighted by Gasteiger charge is -2.10. The molecule has 0 saturated carbocycles. The van der Waals surface area contributed by atoms with Gasteiger partial charge in [0.05, 0.1) is 6.54 Å². The smallest absolute Gasteiger partial charge is 0.228 e. The van der Waals surface area contributed by atoms with E-state index in [4.69, 9.17) is 8.94 Å². The number of aromatic nitrogens is 2. The topological polar surface area (TPSA) is 88.5 Å². The predicted octanol–water partition coefficient (Wildman–Crippen LogP) is 3.77. The summed E-state index contributed by atoms with van der Waals surface area (Å²) in [5.41, 5.74) is 2.05. The van der Waals surface area contributed by atoms with E-state index in [9.17, 15) is 0 Å². The van der Waals surface area contributed by atoms with Crippen LogP contribution in [0.15, 0.2) is 38.2 Å². The van der Waals surface area contributed by atoms with Gasteiger partial charge in [-0.05, 0) is 13.0 Å². The molecule has 0 bridgehead atoms. The number of rotatable bonds is 6. The maximum Gasteiger partial charge on any atom is 0.228 e. The van der Waals surface area contributed by atoms with E-state index in [0.717, 1.165) is 28.1 Å². The number of nitrogens with one attached hydrogen (secondary N) is 2. The predicted molar refractivity (Wildman–Crippen MR) is 117 cm³/mol. The van der Waals surface area contributed by atoms with Crippen LogP contribution in [0.5, 0.6) is 0 Å². The monoisotopic (exact) mass is 483 g/mol. The minimum atomic E-state index is 0. The molecule has 0 aliphatic carbocycles. The molecule has 1 aromatic carbocycles. The van der Waals surface area contributed by atoms with E-state index < -0.39 is 0 Å². The molecule has 146 valence electrons. The third-order valence-electron chi connectivity index (χ3n) is 4.21. The minimum absolute atomic E-state index is 0. The van der Waals surface area contributed by atoms with Crippen LogP contribution in [0.4, 0.5) is 0 Å². The molecule has 8 heteroatoms. The number of aryl methyl sites for hydroxylation is 1. The molecule has 2 heterocycles. The summed E-state index contributed by atoms with van der Waals surface area (Å²) in [5.74, 6) is 3.25. The molecular weight excluding hydrogens is 457 g/mol. The fourth-order valence-electron chi connectivity index (χ4n) is 2.67. The largest absolute Gasteiger partial charge is 0.459 e. The molecule has 0 fully saturated rings. The van der Waals surface area contributed by atoms with E-state index in [1.807, 2.05) is 32.0 Å². The lowest BCUT2D eigenvalue weighted by Crippen LogP contribution is -2.37. The highest BCUT2D eigenvalue weighted by molar-refractivity contribution is 14.0. The van der Waals surface area contributed by atoms with Crippen molar-refractivity contribution in [3.8, 4) is 0 Å². The molecule has 0 atom stereocenters. The van der Waals surface area contributed by atoms with Gasteiger partial charge in [-0.1, -0.05) is 37.2 Å². The normalized spacial score (nSPS) is 11.7. The van der Waals surface area contributed by atoms with Crippen molar-refractivity contribution in [1.29, 1.82) is 0 Å². The fraction of sp³-hybridized carbons (Fsp3) is 0.421. The summed E-state index contributed by atoms with van der Waals surface area (Å²) in [5, 5.41) is 11.6. The maximum atomic E-state index is 5.91. The molecule has 3 aromatic rings. The Balaban J connectivity index is 0.00000261. The number of fused-ring (bicyclic) bond motifs is 1. The highest BCUT2D eigenvalue weighted by atomic mass is 127. The molecule has 0 radical (unpaired) electrons. The first-order valence-corrected chi connectivity index (χ1v) is 8.82. The second-order valence-electron chi connectivity index (χ2n) is 6.45. The van der Waals surface area contributed by atoms with Gasteiger partial charge in [0.25, 0.3) is 0 Å². The van der Waals surface area contributed by atoms with Gasteiger partial charge in [0.15, 0.2) is 11.8 Å². The van der Waals surface area contributed by atoms with Crippen molar-refractivity contribution < 1.29 is 8.94 Å². The van der Waals surface area contributed by atoms with Crippen molar-refractivity contribution in [2.24, 2.45) is 4.99 Å². The van der Waals surface area contributed by atoms with E-state index in [1.54, 1.807) is 7.05 Å². The number of furan rings is 1. The molecule has 2 aromatic heterocycles. The van der Waals surface area contributed by atoms with E-state index in [-0.39, 0.29) is 29.9 Å². The quantitative estimate of drug-likeness (QED) is 0.315. The zero-order valence-electron chi connectivity index (χ0n) is 16.1. The molecular formula is C19H26IN5O2. The van der Waals surface area contributed by atoms with Crippen molar-refractivity contribution in [1.82, 2.24) is 20.8 Å². The Kier molecular flexibility index (Phi) is 7.64. The van der Waals surface area contributed by atoms with Crippen LogP contribution in [0.1, 0.15) is 42.8 Å². The van der Waals surface area contributed by atoms with Crippen molar-refractivity contribution in [3.63, 3.8) is 0 Å². The number of hydrogen-bond acceptors (Lipinski definition) is 5. The highest BCUT2D eigenvalue weighted by Crippen LogP contribution is 2.24. The Morgan fingerprint density at radius 2 is 2.00 bits per heavy atom. The Hall–Kier alpha value is -2.10. The van der Waals surface area contributed by atoms with E-state index >= 15 is 0 Å². The summed E-state index contributed by atoms with van der Waals surface area (Å²) in [6.45, 7) is 7.37. The third kappa shape index (κ3) is 5.21. The van der Waals surface area contributed by atoms with Crippen LogP contribution in [0, 0.1) is 6.92 Å². The highest BCUT2D eigenvalue weighted by Gasteiger charge is 2.11. The van der Waals surface area contributed by atoms with Gasteiger partial charge in [-0.15, -0.1) is 24.0 Å². The standard InChI is InChI=1S/C19H25N5O2.HI/c1-12(2)18-23-17(26-24-18)9-10-21-19(20-4)22-11-16-13(3)14-7-5-6-8-15(14)25-16;/h5-8,12H,9-11H2,1-4H3,(H2,20,21,22);1H. The Bertz CT molecular complexity index is 901. The first-order chi connectivity index (χ1) is 12.6. The van der Waals surface area contributed by atoms with Crippen LogP contribution in [0.2, 0.25) is 0 Å². The molecule has 2 N–H and O–H groups in total. The summed E-state index contributed by atoms with van der Waals surface area (Å²) < 4.78 is 11.2. The molecule has 0 saturated heterocycles. The molecule has 27 heavy (non-hydrogen) atoms. The van der Waals surface area contributed by atoms with Gasteiger partial charge in [-0.25, -0.2) is 0 Å². The average Bonchev–Trinajstić information content (AvgIpc) is 3.23. The first kappa shape index (κ1) is 21.2. The summed E-state index contributed by atoms with van der Waals surface area (Å²) in [6.07, 6.45) is 0.643. The molecule has 0 aliphatic heterocycles. The average molecular weight is 483 g/mol. The lowest BCUT2D eigenvalue weighted by molar-refractivity contribution is 0.371. The molecule has 0 unspecified atom stereocenters. The SMILES string of the molecule is CN=C(NCCc1nc(C(C)C)no1)NCc1oc2ccccc2c1C.I. The Morgan fingerprint density at radius 1 is 1.22 bits per heavy atom. The van der Waals surface area contributed by atoms with Crippen molar-refractivity contribution in [2.75, 3.05) is 13.6 Å². The number of guanidine groups is 1. The van der Waals surface area contributed by atoms with Gasteiger partial charge in [0, 0.05) is 36.9 Å². The number of benzene rings is 1. The van der Waals surface area contributed by atoms with Crippen LogP contribution in [-0.4, -0.2) is 29.7 Å². The van der Waals surface area contributed by atoms with Crippen LogP contribution in [-0.2, 0) is 13.0 Å². The van der Waals surface area contributed by atoms with E-state index in [2.05, 4.69) is 38.8 Å². The van der Waals surface area contributed by atoms with Crippen LogP contribution in [0.3, 0.4) is 0 Å². The van der Waals surface area contributed by atoms with Gasteiger partial charge in [-0.2, -0.15) is 4.98 Å². The molecule has 0 aliphatic rings. The van der Waals surface area contributed by atoms with E-state index in [0.29, 0.717) is 31.4 Å². The molecule has 7 nitrogen and oxygen atoms in total. The third-order valence-corrected chi connectivity index (χ3v) is 4.21. The zero-order chi connectivity index (χ0) is 18.5. The number of hydrogen-bond donors (Lipinski definition) is 2. The summed E-state index contributed by atoms with van der Waals surface area (Å²) >= 11 is 0. The van der Waals surface area contributed by atoms with Gasteiger partial charge in [0.2, 0.25) is 5.89 Å². The van der Waals surface area contributed by atoms with Crippen molar-refractivity contribution in [2.45, 2.75) is 39.7 Å². The number of halogens is 1. The van der Waals surface area contributed by atoms with Gasteiger partial charge < -0.3 is 19.6 Å². The maximum absolute atomic E-state index is 5.91. The second-order valence-corrected chi connectivity index (χ2v) is 6.45. The second kappa shape index (κ2) is 9.72. The van der Waals surface area contributed by atoms with Gasteiger partial charge in [0.1, 0.15) is 11.3 Å². The van der Waals surface area contributed by atoms with Crippen molar-refractivity contribution >= 4 is 40.9 Å².